The fourth-order valence-electron chi connectivity index (χ4n) is 3.43. The van der Waals surface area contributed by atoms with Crippen molar-refractivity contribution in [3.05, 3.63) is 53.7 Å². The Morgan fingerprint density at radius 1 is 1.15 bits per heavy atom. The fourth-order valence-corrected chi connectivity index (χ4v) is 3.43. The van der Waals surface area contributed by atoms with Gasteiger partial charge in [-0.3, -0.25) is 9.59 Å². The van der Waals surface area contributed by atoms with E-state index in [1.807, 2.05) is 0 Å². The van der Waals surface area contributed by atoms with Crippen molar-refractivity contribution < 1.29 is 28.0 Å². The molecular weight excluding hydrogens is 433 g/mol. The number of hydrazone groups is 1. The number of aromatic nitrogens is 2. The van der Waals surface area contributed by atoms with Crippen molar-refractivity contribution in [1.82, 2.24) is 15.1 Å². The summed E-state index contributed by atoms with van der Waals surface area (Å²) < 4.78 is 29.5. The summed E-state index contributed by atoms with van der Waals surface area (Å²) in [7, 11) is 0. The van der Waals surface area contributed by atoms with E-state index in [1.165, 1.54) is 12.1 Å². The van der Waals surface area contributed by atoms with Gasteiger partial charge in [0.2, 0.25) is 24.4 Å². The zero-order chi connectivity index (χ0) is 22.9. The molecule has 0 radical (unpaired) electrons. The second-order valence-electron chi connectivity index (χ2n) is 7.50. The highest BCUT2D eigenvalue weighted by molar-refractivity contribution is 6.02. The average molecular weight is 451 g/mol. The van der Waals surface area contributed by atoms with E-state index in [0.717, 1.165) is 5.01 Å². The first-order chi connectivity index (χ1) is 16.0. The van der Waals surface area contributed by atoms with Crippen LogP contribution in [0.2, 0.25) is 0 Å². The molecule has 3 aromatic rings. The lowest BCUT2D eigenvalue weighted by molar-refractivity contribution is -0.135. The van der Waals surface area contributed by atoms with Gasteiger partial charge in [0, 0.05) is 24.1 Å². The highest BCUT2D eigenvalue weighted by Gasteiger charge is 2.27. The number of aryl methyl sites for hydroxylation is 1. The zero-order valence-electron chi connectivity index (χ0n) is 17.5. The molecule has 2 aromatic carbocycles. The highest BCUT2D eigenvalue weighted by Crippen LogP contribution is 2.35. The molecule has 5 rings (SSSR count). The van der Waals surface area contributed by atoms with Crippen LogP contribution in [0.25, 0.3) is 11.4 Å². The minimum absolute atomic E-state index is 0.132. The monoisotopic (exact) mass is 451 g/mol. The van der Waals surface area contributed by atoms with Crippen LogP contribution in [0.3, 0.4) is 0 Å². The smallest absolute Gasteiger partial charge is 0.274 e. The summed E-state index contributed by atoms with van der Waals surface area (Å²) in [4.78, 5) is 29.1. The predicted octanol–water partition coefficient (Wildman–Crippen LogP) is 2.88. The lowest BCUT2D eigenvalue weighted by Gasteiger charge is -2.22. The largest absolute Gasteiger partial charge is 0.454 e. The first-order valence-corrected chi connectivity index (χ1v) is 10.1. The van der Waals surface area contributed by atoms with Crippen molar-refractivity contribution in [2.75, 3.05) is 18.7 Å². The molecule has 0 unspecified atom stereocenters. The van der Waals surface area contributed by atoms with Crippen LogP contribution in [0.1, 0.15) is 24.3 Å². The van der Waals surface area contributed by atoms with Crippen molar-refractivity contribution in [3.63, 3.8) is 0 Å². The van der Waals surface area contributed by atoms with E-state index < -0.39 is 11.7 Å². The maximum Gasteiger partial charge on any atom is 0.274 e. The van der Waals surface area contributed by atoms with Crippen LogP contribution in [-0.4, -0.2) is 46.0 Å². The number of hydrogen-bond donors (Lipinski definition) is 1. The maximum atomic E-state index is 13.5. The number of rotatable bonds is 5. The van der Waals surface area contributed by atoms with Gasteiger partial charge in [0.05, 0.1) is 0 Å². The summed E-state index contributed by atoms with van der Waals surface area (Å²) in [6, 6.07) is 9.35. The summed E-state index contributed by atoms with van der Waals surface area (Å²) in [5.74, 6) is 0.411. The van der Waals surface area contributed by atoms with Crippen LogP contribution in [0.5, 0.6) is 11.5 Å². The second-order valence-corrected chi connectivity index (χ2v) is 7.50. The van der Waals surface area contributed by atoms with Gasteiger partial charge in [-0.25, -0.2) is 9.40 Å². The van der Waals surface area contributed by atoms with E-state index in [-0.39, 0.29) is 31.6 Å². The van der Waals surface area contributed by atoms with Gasteiger partial charge in [0.1, 0.15) is 18.1 Å². The zero-order valence-corrected chi connectivity index (χ0v) is 17.5. The average Bonchev–Trinajstić information content (AvgIpc) is 3.47. The molecule has 0 aliphatic carbocycles. The summed E-state index contributed by atoms with van der Waals surface area (Å²) in [6.07, 6.45) is 0.426. The van der Waals surface area contributed by atoms with E-state index in [4.69, 9.17) is 14.0 Å². The van der Waals surface area contributed by atoms with E-state index in [0.29, 0.717) is 46.3 Å². The number of hydrogen-bond acceptors (Lipinski definition) is 8. The third kappa shape index (κ3) is 4.25. The molecule has 1 aromatic heterocycles. The van der Waals surface area contributed by atoms with E-state index in [2.05, 4.69) is 20.6 Å². The topological polar surface area (TPSA) is 119 Å². The Morgan fingerprint density at radius 3 is 2.88 bits per heavy atom. The minimum atomic E-state index is -0.506. The maximum absolute atomic E-state index is 13.5. The van der Waals surface area contributed by atoms with Crippen molar-refractivity contribution in [3.8, 4) is 22.9 Å². The van der Waals surface area contributed by atoms with Crippen LogP contribution in [0.4, 0.5) is 10.1 Å². The van der Waals surface area contributed by atoms with Gasteiger partial charge in [-0.05, 0) is 42.8 Å². The predicted molar refractivity (Wildman–Crippen MR) is 113 cm³/mol. The lowest BCUT2D eigenvalue weighted by Crippen LogP contribution is -2.38. The van der Waals surface area contributed by atoms with Crippen LogP contribution >= 0.6 is 0 Å². The first kappa shape index (κ1) is 20.6. The van der Waals surface area contributed by atoms with Gasteiger partial charge in [-0.2, -0.15) is 10.1 Å². The molecule has 2 aliphatic rings. The summed E-state index contributed by atoms with van der Waals surface area (Å²) >= 11 is 0. The van der Waals surface area contributed by atoms with Gasteiger partial charge >= 0.3 is 0 Å². The van der Waals surface area contributed by atoms with Crippen LogP contribution in [0.15, 0.2) is 46.0 Å². The molecule has 0 fully saturated rings. The fraction of sp³-hybridized carbons (Fsp3) is 0.227. The van der Waals surface area contributed by atoms with Gasteiger partial charge in [0.25, 0.3) is 5.89 Å². The molecule has 10 nitrogen and oxygen atoms in total. The Bertz CT molecular complexity index is 1290. The molecule has 1 N–H and O–H groups in total. The molecule has 2 amide bonds. The Hall–Kier alpha value is -4.28. The summed E-state index contributed by atoms with van der Waals surface area (Å²) in [5.41, 5.74) is 2.09. The van der Waals surface area contributed by atoms with Crippen LogP contribution in [0, 0.1) is 12.7 Å². The third-order valence-electron chi connectivity index (χ3n) is 5.18. The number of nitrogens with zero attached hydrogens (tertiary/aromatic N) is 4. The van der Waals surface area contributed by atoms with Gasteiger partial charge in [-0.15, -0.1) is 0 Å². The molecule has 0 bridgehead atoms. The number of anilines is 1. The van der Waals surface area contributed by atoms with E-state index in [1.54, 1.807) is 31.2 Å². The van der Waals surface area contributed by atoms with Gasteiger partial charge in [0.15, 0.2) is 11.5 Å². The van der Waals surface area contributed by atoms with Crippen molar-refractivity contribution >= 4 is 23.2 Å². The summed E-state index contributed by atoms with van der Waals surface area (Å²) in [6.45, 7) is 1.56. The van der Waals surface area contributed by atoms with Crippen LogP contribution < -0.4 is 14.8 Å². The molecular formula is C22H18FN5O5. The van der Waals surface area contributed by atoms with Crippen molar-refractivity contribution in [2.45, 2.75) is 19.8 Å². The first-order valence-electron chi connectivity index (χ1n) is 10.1. The molecule has 11 heteroatoms. The quantitative estimate of drug-likeness (QED) is 0.633. The number of fused-ring (bicyclic) bond motifs is 1. The van der Waals surface area contributed by atoms with Crippen molar-refractivity contribution in [1.29, 1.82) is 0 Å². The Morgan fingerprint density at radius 2 is 2.00 bits per heavy atom. The molecule has 3 heterocycles. The number of ether oxygens (including phenoxy) is 2. The molecule has 0 spiro atoms. The number of halogens is 1. The standard InChI is InChI=1S/C22H18FN5O5/c1-12-2-4-14(23)9-16(12)24-19(29)10-28-20(30)7-5-15(26-28)22-25-21(27-33-22)13-3-6-17-18(8-13)32-11-31-17/h2-4,6,8-9H,5,7,10-11H2,1H3,(H,24,29). The molecule has 0 saturated carbocycles. The summed E-state index contributed by atoms with van der Waals surface area (Å²) in [5, 5.41) is 11.9. The van der Waals surface area contributed by atoms with Crippen LogP contribution in [-0.2, 0) is 9.59 Å². The molecule has 0 saturated heterocycles. The Kier molecular flexibility index (Phi) is 5.21. The Balaban J connectivity index is 1.32. The van der Waals surface area contributed by atoms with E-state index in [9.17, 15) is 14.0 Å². The number of benzene rings is 2. The minimum Gasteiger partial charge on any atom is -0.454 e. The van der Waals surface area contributed by atoms with Gasteiger partial charge < -0.3 is 19.3 Å². The molecule has 168 valence electrons. The molecule has 2 aliphatic heterocycles. The number of amides is 2. The second kappa shape index (κ2) is 8.34. The number of carbonyl (C=O) groups excluding carboxylic acids is 2. The molecule has 0 atom stereocenters. The van der Waals surface area contributed by atoms with Gasteiger partial charge in [-0.1, -0.05) is 11.2 Å². The van der Waals surface area contributed by atoms with E-state index >= 15 is 0 Å². The Labute approximate surface area is 187 Å². The molecule has 33 heavy (non-hydrogen) atoms. The highest BCUT2D eigenvalue weighted by atomic mass is 19.1. The normalized spacial score (nSPS) is 14.9. The SMILES string of the molecule is Cc1ccc(F)cc1NC(=O)CN1N=C(c2nc(-c3ccc4c(c3)OCO4)no2)CCC1=O. The lowest BCUT2D eigenvalue weighted by atomic mass is 10.1. The van der Waals surface area contributed by atoms with Crippen molar-refractivity contribution in [2.24, 2.45) is 5.10 Å². The number of carbonyl (C=O) groups is 2. The third-order valence-corrected chi connectivity index (χ3v) is 5.18. The number of nitrogens with one attached hydrogen (secondary N) is 1.